The monoisotopic (exact) mass is 268 g/mol. The Labute approximate surface area is 111 Å². The molecule has 0 saturated heterocycles. The maximum atomic E-state index is 12.0. The van der Waals surface area contributed by atoms with Crippen molar-refractivity contribution in [2.75, 3.05) is 0 Å². The molecule has 0 heterocycles. The first-order chi connectivity index (χ1) is 8.30. The number of hydrogen-bond acceptors (Lipinski definition) is 4. The third-order valence-electron chi connectivity index (χ3n) is 2.87. The Bertz CT molecular complexity index is 490. The number of amides is 1. The molecule has 0 saturated carbocycles. The highest BCUT2D eigenvalue weighted by molar-refractivity contribution is 7.80. The van der Waals surface area contributed by atoms with Crippen molar-refractivity contribution in [3.8, 4) is 11.5 Å². The third-order valence-corrected chi connectivity index (χ3v) is 3.32. The smallest absolute Gasteiger partial charge is 0.255 e. The van der Waals surface area contributed by atoms with Crippen LogP contribution in [-0.4, -0.2) is 26.6 Å². The number of thiocarbonyl (C=S) groups is 1. The van der Waals surface area contributed by atoms with Crippen LogP contribution < -0.4 is 11.1 Å². The lowest BCUT2D eigenvalue weighted by Crippen LogP contribution is -2.54. The van der Waals surface area contributed by atoms with Gasteiger partial charge in [-0.2, -0.15) is 0 Å². The average Bonchev–Trinajstić information content (AvgIpc) is 2.28. The molecule has 5 nitrogen and oxygen atoms in total. The van der Waals surface area contributed by atoms with Crippen molar-refractivity contribution in [1.29, 1.82) is 0 Å². The van der Waals surface area contributed by atoms with E-state index < -0.39 is 11.4 Å². The van der Waals surface area contributed by atoms with Crippen molar-refractivity contribution >= 4 is 23.1 Å². The molecule has 98 valence electrons. The number of nitrogens with two attached hydrogens (primary N) is 1. The second-order valence-corrected chi connectivity index (χ2v) is 4.65. The summed E-state index contributed by atoms with van der Waals surface area (Å²) in [4.78, 5) is 12.2. The Morgan fingerprint density at radius 2 is 2.11 bits per heavy atom. The number of benzene rings is 1. The van der Waals surface area contributed by atoms with Gasteiger partial charge < -0.3 is 21.3 Å². The molecule has 1 unspecified atom stereocenters. The Hall–Kier alpha value is -1.82. The van der Waals surface area contributed by atoms with E-state index in [1.165, 1.54) is 12.1 Å². The van der Waals surface area contributed by atoms with Crippen LogP contribution in [0.3, 0.4) is 0 Å². The van der Waals surface area contributed by atoms with E-state index in [1.54, 1.807) is 6.92 Å². The maximum absolute atomic E-state index is 12.0. The van der Waals surface area contributed by atoms with Crippen LogP contribution in [0.4, 0.5) is 0 Å². The Kier molecular flexibility index (Phi) is 4.13. The average molecular weight is 268 g/mol. The minimum absolute atomic E-state index is 0.0590. The fourth-order valence-corrected chi connectivity index (χ4v) is 1.55. The molecule has 1 atom stereocenters. The summed E-state index contributed by atoms with van der Waals surface area (Å²) in [7, 11) is 0. The first-order valence-corrected chi connectivity index (χ1v) is 5.85. The second kappa shape index (κ2) is 5.22. The van der Waals surface area contributed by atoms with Gasteiger partial charge in [0.25, 0.3) is 5.91 Å². The highest BCUT2D eigenvalue weighted by Crippen LogP contribution is 2.23. The largest absolute Gasteiger partial charge is 0.508 e. The topological polar surface area (TPSA) is 95.6 Å². The predicted molar refractivity (Wildman–Crippen MR) is 72.7 cm³/mol. The molecule has 1 amide bonds. The van der Waals surface area contributed by atoms with Crippen LogP contribution in [0.1, 0.15) is 30.6 Å². The predicted octanol–water partition coefficient (Wildman–Crippen LogP) is 1.28. The van der Waals surface area contributed by atoms with Gasteiger partial charge in [-0.05, 0) is 25.5 Å². The molecule has 6 heteroatoms. The number of hydrogen-bond donors (Lipinski definition) is 4. The minimum Gasteiger partial charge on any atom is -0.508 e. The Morgan fingerprint density at radius 1 is 1.50 bits per heavy atom. The van der Waals surface area contributed by atoms with Crippen LogP contribution in [-0.2, 0) is 0 Å². The lowest BCUT2D eigenvalue weighted by Gasteiger charge is -2.28. The van der Waals surface area contributed by atoms with Crippen molar-refractivity contribution in [3.63, 3.8) is 0 Å². The van der Waals surface area contributed by atoms with Crippen LogP contribution in [0.5, 0.6) is 11.5 Å². The SMILES string of the molecule is CCC(C)(NC(=O)c1ccc(O)cc1O)C(N)=S. The van der Waals surface area contributed by atoms with Gasteiger partial charge in [-0.15, -0.1) is 0 Å². The fourth-order valence-electron chi connectivity index (χ4n) is 1.35. The van der Waals surface area contributed by atoms with Crippen LogP contribution in [0.2, 0.25) is 0 Å². The summed E-state index contributed by atoms with van der Waals surface area (Å²) in [6, 6.07) is 3.74. The molecule has 0 aliphatic rings. The maximum Gasteiger partial charge on any atom is 0.255 e. The number of carbonyl (C=O) groups is 1. The van der Waals surface area contributed by atoms with Gasteiger partial charge in [-0.1, -0.05) is 19.1 Å². The molecule has 1 rings (SSSR count). The molecule has 0 aliphatic heterocycles. The molecule has 1 aromatic rings. The zero-order valence-corrected chi connectivity index (χ0v) is 11.0. The van der Waals surface area contributed by atoms with Crippen LogP contribution in [0, 0.1) is 0 Å². The summed E-state index contributed by atoms with van der Waals surface area (Å²) in [6.07, 6.45) is 0.535. The number of aromatic hydroxyl groups is 2. The van der Waals surface area contributed by atoms with E-state index in [-0.39, 0.29) is 22.1 Å². The molecule has 0 aromatic heterocycles. The highest BCUT2D eigenvalue weighted by atomic mass is 32.1. The van der Waals surface area contributed by atoms with Gasteiger partial charge in [-0.3, -0.25) is 4.79 Å². The van der Waals surface area contributed by atoms with E-state index in [0.717, 1.165) is 6.07 Å². The van der Waals surface area contributed by atoms with Crippen molar-refractivity contribution < 1.29 is 15.0 Å². The van der Waals surface area contributed by atoms with Gasteiger partial charge in [0.1, 0.15) is 11.5 Å². The molecule has 0 fully saturated rings. The normalized spacial score (nSPS) is 13.7. The van der Waals surface area contributed by atoms with Crippen molar-refractivity contribution in [2.24, 2.45) is 5.73 Å². The van der Waals surface area contributed by atoms with E-state index in [2.05, 4.69) is 5.32 Å². The van der Waals surface area contributed by atoms with Crippen molar-refractivity contribution in [1.82, 2.24) is 5.32 Å². The molecule has 0 bridgehead atoms. The summed E-state index contributed by atoms with van der Waals surface area (Å²) in [5.74, 6) is -0.907. The lowest BCUT2D eigenvalue weighted by molar-refractivity contribution is 0.0924. The zero-order chi connectivity index (χ0) is 13.9. The molecular weight excluding hydrogens is 252 g/mol. The van der Waals surface area contributed by atoms with Gasteiger partial charge in [0.2, 0.25) is 0 Å². The van der Waals surface area contributed by atoms with Crippen LogP contribution in [0.15, 0.2) is 18.2 Å². The third kappa shape index (κ3) is 2.89. The van der Waals surface area contributed by atoms with E-state index >= 15 is 0 Å². The van der Waals surface area contributed by atoms with Gasteiger partial charge in [0.05, 0.1) is 16.1 Å². The van der Waals surface area contributed by atoms with E-state index in [9.17, 15) is 9.90 Å². The molecule has 1 aromatic carbocycles. The first kappa shape index (κ1) is 14.2. The number of carbonyl (C=O) groups excluding carboxylic acids is 1. The first-order valence-electron chi connectivity index (χ1n) is 5.44. The van der Waals surface area contributed by atoms with Crippen LogP contribution in [0.25, 0.3) is 0 Å². The summed E-state index contributed by atoms with van der Waals surface area (Å²) in [5, 5.41) is 21.4. The number of phenolic OH excluding ortho intramolecular Hbond substituents is 2. The molecule has 0 spiro atoms. The highest BCUT2D eigenvalue weighted by Gasteiger charge is 2.28. The van der Waals surface area contributed by atoms with Crippen molar-refractivity contribution in [3.05, 3.63) is 23.8 Å². The molecule has 5 N–H and O–H groups in total. The summed E-state index contributed by atoms with van der Waals surface area (Å²) in [5.41, 5.74) is 4.83. The van der Waals surface area contributed by atoms with Crippen LogP contribution >= 0.6 is 12.2 Å². The molecule has 18 heavy (non-hydrogen) atoms. The lowest BCUT2D eigenvalue weighted by atomic mass is 9.98. The number of nitrogens with one attached hydrogen (secondary N) is 1. The van der Waals surface area contributed by atoms with E-state index in [4.69, 9.17) is 23.1 Å². The van der Waals surface area contributed by atoms with E-state index in [0.29, 0.717) is 6.42 Å². The van der Waals surface area contributed by atoms with Gasteiger partial charge in [-0.25, -0.2) is 0 Å². The standard InChI is InChI=1S/C12H16N2O3S/c1-3-12(2,11(13)18)14-10(17)8-5-4-7(15)6-9(8)16/h4-6,15-16H,3H2,1-2H3,(H2,13,18)(H,14,17). The summed E-state index contributed by atoms with van der Waals surface area (Å²) >= 11 is 4.91. The molecular formula is C12H16N2O3S. The fraction of sp³-hybridized carbons (Fsp3) is 0.333. The van der Waals surface area contributed by atoms with Gasteiger partial charge >= 0.3 is 0 Å². The second-order valence-electron chi connectivity index (χ2n) is 4.21. The van der Waals surface area contributed by atoms with Gasteiger partial charge in [0.15, 0.2) is 0 Å². The zero-order valence-electron chi connectivity index (χ0n) is 10.2. The Morgan fingerprint density at radius 3 is 2.56 bits per heavy atom. The molecule has 0 radical (unpaired) electrons. The number of phenols is 2. The molecule has 0 aliphatic carbocycles. The van der Waals surface area contributed by atoms with Gasteiger partial charge in [0, 0.05) is 6.07 Å². The van der Waals surface area contributed by atoms with Crippen molar-refractivity contribution in [2.45, 2.75) is 25.8 Å². The summed E-state index contributed by atoms with van der Waals surface area (Å²) < 4.78 is 0. The number of rotatable bonds is 4. The van der Waals surface area contributed by atoms with E-state index in [1.807, 2.05) is 6.92 Å². The summed E-state index contributed by atoms with van der Waals surface area (Å²) in [6.45, 7) is 3.56. The minimum atomic E-state index is -0.809. The quantitative estimate of drug-likeness (QED) is 0.617. The Balaban J connectivity index is 2.98.